The average Bonchev–Trinajstić information content (AvgIpc) is 3.25. The van der Waals surface area contributed by atoms with Gasteiger partial charge in [-0.2, -0.15) is 0 Å². The van der Waals surface area contributed by atoms with Crippen molar-refractivity contribution in [2.24, 2.45) is 0 Å². The van der Waals surface area contributed by atoms with Gasteiger partial charge in [-0.05, 0) is 31.4 Å². The fourth-order valence-corrected chi connectivity index (χ4v) is 4.74. The summed E-state index contributed by atoms with van der Waals surface area (Å²) in [5.74, 6) is 0.235. The van der Waals surface area contributed by atoms with Crippen LogP contribution in [0.3, 0.4) is 0 Å². The molecule has 0 aliphatic carbocycles. The van der Waals surface area contributed by atoms with Gasteiger partial charge in [0, 0.05) is 0 Å². The van der Waals surface area contributed by atoms with Gasteiger partial charge in [0.1, 0.15) is 30.2 Å². The van der Waals surface area contributed by atoms with E-state index in [0.717, 1.165) is 0 Å². The molecule has 2 aliphatic heterocycles. The molecule has 5 unspecified atom stereocenters. The Hall–Kier alpha value is -1.24. The normalized spacial score (nSPS) is 31.5. The molecule has 0 spiro atoms. The summed E-state index contributed by atoms with van der Waals surface area (Å²) in [6.45, 7) is 6.85. The third kappa shape index (κ3) is 4.75. The molecule has 2 aromatic heterocycles. The summed E-state index contributed by atoms with van der Waals surface area (Å²) in [6.07, 6.45) is -0.414. The summed E-state index contributed by atoms with van der Waals surface area (Å²) in [4.78, 5) is 24.2. The van der Waals surface area contributed by atoms with Crippen LogP contribution in [-0.4, -0.2) is 79.0 Å². The molecular weight excluding hydrogens is 419 g/mol. The van der Waals surface area contributed by atoms with Crippen LogP contribution in [0.4, 0.5) is 5.82 Å². The molecule has 2 fully saturated rings. The minimum Gasteiger partial charge on any atom is -0.386 e. The first-order valence-corrected chi connectivity index (χ1v) is 12.0. The molecular formula is C16H27N6O5PS. The van der Waals surface area contributed by atoms with Crippen molar-refractivity contribution in [2.75, 3.05) is 32.0 Å². The summed E-state index contributed by atoms with van der Waals surface area (Å²) in [6, 6.07) is 0. The Morgan fingerprint density at radius 2 is 1.97 bits per heavy atom. The van der Waals surface area contributed by atoms with E-state index >= 15 is 0 Å². The molecule has 29 heavy (non-hydrogen) atoms. The zero-order valence-corrected chi connectivity index (χ0v) is 18.3. The number of aromatic nitrogens is 4. The topological polar surface area (TPSA) is 141 Å². The van der Waals surface area contributed by atoms with Crippen molar-refractivity contribution in [1.82, 2.24) is 24.4 Å². The second-order valence-electron chi connectivity index (χ2n) is 6.59. The van der Waals surface area contributed by atoms with Gasteiger partial charge in [-0.25, -0.2) is 15.0 Å². The number of rotatable bonds is 4. The van der Waals surface area contributed by atoms with Crippen LogP contribution in [0.15, 0.2) is 12.7 Å². The van der Waals surface area contributed by atoms with Crippen LogP contribution in [0.5, 0.6) is 0 Å². The molecule has 2 aliphatic rings. The van der Waals surface area contributed by atoms with Crippen molar-refractivity contribution in [3.63, 3.8) is 0 Å². The third-order valence-electron chi connectivity index (χ3n) is 4.97. The lowest BCUT2D eigenvalue weighted by atomic mass is 10.1. The van der Waals surface area contributed by atoms with Gasteiger partial charge < -0.3 is 29.9 Å². The fraction of sp³-hybridized carbons (Fsp3) is 0.688. The summed E-state index contributed by atoms with van der Waals surface area (Å²) in [7, 11) is 0. The van der Waals surface area contributed by atoms with E-state index in [2.05, 4.69) is 40.6 Å². The van der Waals surface area contributed by atoms with Crippen molar-refractivity contribution < 1.29 is 23.8 Å². The van der Waals surface area contributed by atoms with E-state index in [1.54, 1.807) is 4.57 Å². The zero-order valence-electron chi connectivity index (χ0n) is 16.6. The SMILES string of the molecule is CCN(CC)CC.Nc1ncnc2c1ncn2C1OC2COP(O)(=S)OC2C1O. The summed E-state index contributed by atoms with van der Waals surface area (Å²) >= 11 is 4.80. The lowest BCUT2D eigenvalue weighted by molar-refractivity contribution is -0.0593. The Labute approximate surface area is 174 Å². The van der Waals surface area contributed by atoms with Crippen molar-refractivity contribution in [3.05, 3.63) is 12.7 Å². The number of aliphatic hydroxyl groups excluding tert-OH is 1. The van der Waals surface area contributed by atoms with E-state index in [4.69, 9.17) is 31.3 Å². The molecule has 2 aromatic rings. The smallest absolute Gasteiger partial charge is 0.325 e. The van der Waals surface area contributed by atoms with Crippen molar-refractivity contribution in [3.8, 4) is 0 Å². The number of fused-ring (bicyclic) bond motifs is 2. The number of imidazole rings is 1. The van der Waals surface area contributed by atoms with Gasteiger partial charge in [-0.15, -0.1) is 0 Å². The Bertz CT molecular complexity index is 875. The number of nitrogen functional groups attached to an aromatic ring is 1. The second-order valence-corrected chi connectivity index (χ2v) is 9.38. The number of nitrogens with two attached hydrogens (primary N) is 1. The fourth-order valence-electron chi connectivity index (χ4n) is 3.29. The molecule has 11 nitrogen and oxygen atoms in total. The standard InChI is InChI=1S/C10H12N5O5PS.C6H15N/c11-8-5-9(13-2-12-8)15(3-14-5)10-6(16)7-4(19-10)1-18-21(17,22)20-7;1-4-7(5-2)6-3/h2-4,6-7,10,16H,1H2,(H,17,22)(H2,11,12,13);4-6H2,1-3H3. The molecule has 0 aromatic carbocycles. The highest BCUT2D eigenvalue weighted by atomic mass is 32.5. The lowest BCUT2D eigenvalue weighted by Crippen LogP contribution is -2.39. The molecule has 2 saturated heterocycles. The Balaban J connectivity index is 0.000000298. The third-order valence-corrected chi connectivity index (χ3v) is 6.53. The van der Waals surface area contributed by atoms with Gasteiger partial charge in [-0.3, -0.25) is 9.09 Å². The number of ether oxygens (including phenoxy) is 1. The monoisotopic (exact) mass is 446 g/mol. The van der Waals surface area contributed by atoms with Crippen LogP contribution in [0.1, 0.15) is 27.0 Å². The van der Waals surface area contributed by atoms with Crippen LogP contribution in [0.2, 0.25) is 0 Å². The maximum Gasteiger partial charge on any atom is 0.325 e. The van der Waals surface area contributed by atoms with E-state index in [1.807, 2.05) is 0 Å². The first-order chi connectivity index (χ1) is 13.8. The van der Waals surface area contributed by atoms with Gasteiger partial charge in [0.25, 0.3) is 0 Å². The molecule has 0 radical (unpaired) electrons. The molecule has 4 N–H and O–H groups in total. The van der Waals surface area contributed by atoms with E-state index in [-0.39, 0.29) is 12.4 Å². The van der Waals surface area contributed by atoms with Crippen LogP contribution in [-0.2, 0) is 25.6 Å². The Morgan fingerprint density at radius 1 is 1.28 bits per heavy atom. The van der Waals surface area contributed by atoms with Crippen molar-refractivity contribution in [1.29, 1.82) is 0 Å². The molecule has 4 heterocycles. The quantitative estimate of drug-likeness (QED) is 0.570. The van der Waals surface area contributed by atoms with Crippen LogP contribution >= 0.6 is 6.72 Å². The Kier molecular flexibility index (Phi) is 7.18. The van der Waals surface area contributed by atoms with Gasteiger partial charge >= 0.3 is 6.72 Å². The number of hydrogen-bond donors (Lipinski definition) is 3. The molecule has 5 atom stereocenters. The number of hydrogen-bond acceptors (Lipinski definition) is 10. The van der Waals surface area contributed by atoms with Crippen LogP contribution in [0.25, 0.3) is 11.2 Å². The highest BCUT2D eigenvalue weighted by molar-refractivity contribution is 8.07. The van der Waals surface area contributed by atoms with E-state index in [0.29, 0.717) is 11.2 Å². The van der Waals surface area contributed by atoms with Crippen LogP contribution < -0.4 is 5.73 Å². The molecule has 13 heteroatoms. The maximum absolute atomic E-state index is 10.4. The van der Waals surface area contributed by atoms with E-state index in [1.165, 1.54) is 32.3 Å². The van der Waals surface area contributed by atoms with Gasteiger partial charge in [0.05, 0.1) is 12.9 Å². The highest BCUT2D eigenvalue weighted by Crippen LogP contribution is 2.52. The van der Waals surface area contributed by atoms with Crippen molar-refractivity contribution >= 4 is 35.5 Å². The molecule has 0 amide bonds. The molecule has 0 saturated carbocycles. The second kappa shape index (κ2) is 9.27. The van der Waals surface area contributed by atoms with Gasteiger partial charge in [0.15, 0.2) is 17.7 Å². The summed E-state index contributed by atoms with van der Waals surface area (Å²) < 4.78 is 17.6. The largest absolute Gasteiger partial charge is 0.386 e. The minimum atomic E-state index is -3.33. The number of aliphatic hydroxyl groups is 1. The van der Waals surface area contributed by atoms with Crippen LogP contribution in [0, 0.1) is 0 Å². The summed E-state index contributed by atoms with van der Waals surface area (Å²) in [5.41, 5.74) is 6.58. The maximum atomic E-state index is 10.4. The summed E-state index contributed by atoms with van der Waals surface area (Å²) in [5, 5.41) is 10.4. The lowest BCUT2D eigenvalue weighted by Gasteiger charge is -2.30. The molecule has 4 rings (SSSR count). The zero-order chi connectivity index (χ0) is 21.2. The van der Waals surface area contributed by atoms with E-state index < -0.39 is 31.3 Å². The first-order valence-electron chi connectivity index (χ1n) is 9.45. The first kappa shape index (κ1) is 22.4. The number of anilines is 1. The molecule has 0 bridgehead atoms. The minimum absolute atomic E-state index is 0.0513. The van der Waals surface area contributed by atoms with Crippen molar-refractivity contribution in [2.45, 2.75) is 45.3 Å². The predicted octanol–water partition coefficient (Wildman–Crippen LogP) is 0.647. The Morgan fingerprint density at radius 3 is 2.59 bits per heavy atom. The molecule has 162 valence electrons. The number of nitrogens with zero attached hydrogens (tertiary/aromatic N) is 5. The average molecular weight is 446 g/mol. The van der Waals surface area contributed by atoms with E-state index in [9.17, 15) is 10.00 Å². The highest BCUT2D eigenvalue weighted by Gasteiger charge is 2.51. The van der Waals surface area contributed by atoms with Gasteiger partial charge in [0.2, 0.25) is 0 Å². The van der Waals surface area contributed by atoms with Gasteiger partial charge in [-0.1, -0.05) is 20.8 Å². The predicted molar refractivity (Wildman–Crippen MR) is 110 cm³/mol.